The number of nitrogens with one attached hydrogen (secondary N) is 1. The van der Waals surface area contributed by atoms with E-state index in [0.717, 1.165) is 31.0 Å². The predicted molar refractivity (Wildman–Crippen MR) is 94.0 cm³/mol. The molecule has 1 heterocycles. The van der Waals surface area contributed by atoms with Gasteiger partial charge in [-0.25, -0.2) is 8.42 Å². The summed E-state index contributed by atoms with van der Waals surface area (Å²) >= 11 is 0. The lowest BCUT2D eigenvalue weighted by Gasteiger charge is -2.22. The third kappa shape index (κ3) is 5.51. The Morgan fingerprint density at radius 2 is 2.17 bits per heavy atom. The number of hydrogen-bond donors (Lipinski definition) is 1. The number of methoxy groups -OCH3 is 1. The lowest BCUT2D eigenvalue weighted by molar-refractivity contribution is 0.197. The van der Waals surface area contributed by atoms with Crippen LogP contribution in [0.3, 0.4) is 0 Å². The van der Waals surface area contributed by atoms with Gasteiger partial charge in [0.05, 0.1) is 5.75 Å². The molecule has 1 aromatic carbocycles. The van der Waals surface area contributed by atoms with Crippen molar-refractivity contribution in [2.45, 2.75) is 12.8 Å². The number of aliphatic imine (C=N–C) groups is 1. The van der Waals surface area contributed by atoms with E-state index in [1.165, 1.54) is 11.8 Å². The van der Waals surface area contributed by atoms with Gasteiger partial charge < -0.3 is 15.0 Å². The highest BCUT2D eigenvalue weighted by molar-refractivity contribution is 7.90. The molecule has 1 aliphatic heterocycles. The molecule has 0 bridgehead atoms. The molecule has 0 spiro atoms. The smallest absolute Gasteiger partial charge is 0.198 e. The van der Waals surface area contributed by atoms with Gasteiger partial charge in [-0.1, -0.05) is 18.2 Å². The van der Waals surface area contributed by atoms with Crippen molar-refractivity contribution < 1.29 is 13.2 Å². The van der Waals surface area contributed by atoms with E-state index in [9.17, 15) is 8.42 Å². The quantitative estimate of drug-likeness (QED) is 0.457. The van der Waals surface area contributed by atoms with E-state index in [-0.39, 0.29) is 5.75 Å². The van der Waals surface area contributed by atoms with E-state index >= 15 is 0 Å². The zero-order valence-corrected chi connectivity index (χ0v) is 14.6. The lowest BCUT2D eigenvalue weighted by Crippen LogP contribution is -2.42. The minimum atomic E-state index is -2.99. The van der Waals surface area contributed by atoms with Crippen LogP contribution in [0.4, 0.5) is 5.69 Å². The third-order valence-corrected chi connectivity index (χ3v) is 4.61. The van der Waals surface area contributed by atoms with E-state index in [0.29, 0.717) is 19.7 Å². The molecule has 1 N–H and O–H groups in total. The number of nitrogens with zero attached hydrogens (tertiary/aromatic N) is 2. The average Bonchev–Trinajstić information content (AvgIpc) is 2.92. The minimum absolute atomic E-state index is 0.0968. The maximum atomic E-state index is 11.3. The summed E-state index contributed by atoms with van der Waals surface area (Å²) < 4.78 is 27.7. The van der Waals surface area contributed by atoms with Crippen molar-refractivity contribution in [1.82, 2.24) is 5.32 Å². The molecular formula is C16H25N3O3S. The summed E-state index contributed by atoms with van der Waals surface area (Å²) in [6.45, 7) is 2.53. The Labute approximate surface area is 138 Å². The molecule has 0 aromatic heterocycles. The maximum absolute atomic E-state index is 11.3. The van der Waals surface area contributed by atoms with Crippen LogP contribution in [0, 0.1) is 0 Å². The number of ether oxygens (including phenoxy) is 1. The van der Waals surface area contributed by atoms with Gasteiger partial charge in [-0.15, -0.1) is 0 Å². The Hall–Kier alpha value is -1.60. The van der Waals surface area contributed by atoms with Crippen molar-refractivity contribution in [1.29, 1.82) is 0 Å². The minimum Gasteiger partial charge on any atom is -0.385 e. The maximum Gasteiger partial charge on any atom is 0.198 e. The average molecular weight is 339 g/mol. The number of sulfone groups is 1. The highest BCUT2D eigenvalue weighted by Gasteiger charge is 2.22. The third-order valence-electron chi connectivity index (χ3n) is 3.67. The molecule has 0 aliphatic carbocycles. The van der Waals surface area contributed by atoms with E-state index in [1.807, 2.05) is 12.1 Å². The summed E-state index contributed by atoms with van der Waals surface area (Å²) in [5.41, 5.74) is 2.44. The van der Waals surface area contributed by atoms with Crippen molar-refractivity contribution in [3.05, 3.63) is 29.8 Å². The van der Waals surface area contributed by atoms with Gasteiger partial charge in [-0.2, -0.15) is 0 Å². The molecule has 0 fully saturated rings. The van der Waals surface area contributed by atoms with Crippen LogP contribution in [-0.4, -0.2) is 59.7 Å². The molecular weight excluding hydrogens is 314 g/mol. The molecule has 0 amide bonds. The van der Waals surface area contributed by atoms with Gasteiger partial charge in [-0.05, 0) is 24.5 Å². The van der Waals surface area contributed by atoms with Crippen LogP contribution in [-0.2, 0) is 21.0 Å². The van der Waals surface area contributed by atoms with Gasteiger partial charge in [-0.3, -0.25) is 4.99 Å². The number of benzene rings is 1. The first-order chi connectivity index (χ1) is 11.0. The molecule has 0 saturated carbocycles. The second-order valence-corrected chi connectivity index (χ2v) is 7.90. The molecule has 1 aliphatic rings. The normalized spacial score (nSPS) is 14.9. The van der Waals surface area contributed by atoms with Crippen LogP contribution in [0.15, 0.2) is 29.3 Å². The van der Waals surface area contributed by atoms with Gasteiger partial charge in [0.25, 0.3) is 0 Å². The number of para-hydroxylation sites is 1. The fourth-order valence-electron chi connectivity index (χ4n) is 2.54. The summed E-state index contributed by atoms with van der Waals surface area (Å²) in [5.74, 6) is 0.842. The number of rotatable bonds is 7. The van der Waals surface area contributed by atoms with Gasteiger partial charge in [0.1, 0.15) is 9.84 Å². The highest BCUT2D eigenvalue weighted by atomic mass is 32.2. The second kappa shape index (κ2) is 8.31. The number of guanidine groups is 1. The molecule has 0 unspecified atom stereocenters. The van der Waals surface area contributed by atoms with Gasteiger partial charge >= 0.3 is 0 Å². The molecule has 6 nitrogen and oxygen atoms in total. The highest BCUT2D eigenvalue weighted by Crippen LogP contribution is 2.27. The predicted octanol–water partition coefficient (Wildman–Crippen LogP) is 1.08. The first-order valence-electron chi connectivity index (χ1n) is 7.81. The lowest BCUT2D eigenvalue weighted by atomic mass is 10.2. The van der Waals surface area contributed by atoms with E-state index in [1.54, 1.807) is 7.11 Å². The zero-order valence-electron chi connectivity index (χ0n) is 13.8. The van der Waals surface area contributed by atoms with Crippen LogP contribution < -0.4 is 10.2 Å². The largest absolute Gasteiger partial charge is 0.385 e. The molecule has 0 saturated heterocycles. The Bertz CT molecular complexity index is 644. The first kappa shape index (κ1) is 17.7. The van der Waals surface area contributed by atoms with Gasteiger partial charge in [0, 0.05) is 45.3 Å². The summed E-state index contributed by atoms with van der Waals surface area (Å²) in [5, 5.41) is 3.19. The molecule has 23 heavy (non-hydrogen) atoms. The Morgan fingerprint density at radius 3 is 2.91 bits per heavy atom. The van der Waals surface area contributed by atoms with Crippen molar-refractivity contribution in [3.8, 4) is 0 Å². The number of hydrogen-bond acceptors (Lipinski definition) is 4. The monoisotopic (exact) mass is 339 g/mol. The van der Waals surface area contributed by atoms with Crippen molar-refractivity contribution in [2.75, 3.05) is 50.3 Å². The van der Waals surface area contributed by atoms with Gasteiger partial charge in [0.2, 0.25) is 0 Å². The van der Waals surface area contributed by atoms with Crippen LogP contribution in [0.25, 0.3) is 0 Å². The molecule has 128 valence electrons. The second-order valence-electron chi connectivity index (χ2n) is 5.64. The molecule has 0 radical (unpaired) electrons. The summed E-state index contributed by atoms with van der Waals surface area (Å²) in [7, 11) is -1.32. The van der Waals surface area contributed by atoms with Crippen LogP contribution in [0.1, 0.15) is 12.0 Å². The summed E-state index contributed by atoms with van der Waals surface area (Å²) in [4.78, 5) is 6.75. The Kier molecular flexibility index (Phi) is 6.41. The van der Waals surface area contributed by atoms with E-state index in [2.05, 4.69) is 27.3 Å². The number of anilines is 1. The van der Waals surface area contributed by atoms with Crippen molar-refractivity contribution >= 4 is 21.5 Å². The Balaban J connectivity index is 2.07. The summed E-state index contributed by atoms with van der Waals surface area (Å²) in [6.07, 6.45) is 3.06. The topological polar surface area (TPSA) is 71.0 Å². The Morgan fingerprint density at radius 1 is 1.39 bits per heavy atom. The molecule has 2 rings (SSSR count). The van der Waals surface area contributed by atoms with Crippen molar-refractivity contribution in [3.63, 3.8) is 0 Å². The zero-order chi connectivity index (χ0) is 16.7. The molecule has 1 aromatic rings. The molecule has 7 heteroatoms. The first-order valence-corrected chi connectivity index (χ1v) is 9.88. The van der Waals surface area contributed by atoms with Crippen molar-refractivity contribution in [2.24, 2.45) is 4.99 Å². The van der Waals surface area contributed by atoms with Gasteiger partial charge in [0.15, 0.2) is 5.96 Å². The SMILES string of the molecule is COCCCN=C(NCCS(C)(=O)=O)N1CCc2ccccc21. The van der Waals surface area contributed by atoms with Crippen LogP contribution in [0.2, 0.25) is 0 Å². The summed E-state index contributed by atoms with van der Waals surface area (Å²) in [6, 6.07) is 8.24. The van der Waals surface area contributed by atoms with Crippen LogP contribution in [0.5, 0.6) is 0 Å². The van der Waals surface area contributed by atoms with Crippen LogP contribution >= 0.6 is 0 Å². The molecule has 0 atom stereocenters. The fraction of sp³-hybridized carbons (Fsp3) is 0.562. The fourth-order valence-corrected chi connectivity index (χ4v) is 3.01. The standard InChI is InChI=1S/C16H25N3O3S/c1-22-12-5-9-17-16(18-10-13-23(2,20)21)19-11-8-14-6-3-4-7-15(14)19/h3-4,6-7H,5,8-13H2,1-2H3,(H,17,18). The van der Waals surface area contributed by atoms with E-state index < -0.39 is 9.84 Å². The number of fused-ring (bicyclic) bond motifs is 1. The van der Waals surface area contributed by atoms with E-state index in [4.69, 9.17) is 4.74 Å².